The molecule has 0 amide bonds. The van der Waals surface area contributed by atoms with Crippen molar-refractivity contribution >= 4 is 31.9 Å². The average molecular weight is 387 g/mol. The van der Waals surface area contributed by atoms with Crippen LogP contribution in [-0.4, -0.2) is 16.6 Å². The standard InChI is InChI=1S/C14H17Br2N3/c1-3-19-7-6-18-14(19)9-13(17-2)11-5-4-10(15)8-12(11)16/h4-8,13,17H,3,9H2,1-2H3. The fraction of sp³-hybridized carbons (Fsp3) is 0.357. The summed E-state index contributed by atoms with van der Waals surface area (Å²) in [6.45, 7) is 3.09. The van der Waals surface area contributed by atoms with E-state index < -0.39 is 0 Å². The lowest BCUT2D eigenvalue weighted by atomic mass is 10.0. The van der Waals surface area contributed by atoms with Gasteiger partial charge in [-0.25, -0.2) is 4.98 Å². The number of halogens is 2. The molecule has 1 heterocycles. The van der Waals surface area contributed by atoms with Gasteiger partial charge in [0.25, 0.3) is 0 Å². The summed E-state index contributed by atoms with van der Waals surface area (Å²) in [6.07, 6.45) is 4.76. The van der Waals surface area contributed by atoms with E-state index in [9.17, 15) is 0 Å². The highest BCUT2D eigenvalue weighted by atomic mass is 79.9. The summed E-state index contributed by atoms with van der Waals surface area (Å²) in [4.78, 5) is 4.45. The van der Waals surface area contributed by atoms with Crippen molar-refractivity contribution in [2.24, 2.45) is 0 Å². The van der Waals surface area contributed by atoms with Crippen molar-refractivity contribution in [3.8, 4) is 0 Å². The molecular weight excluding hydrogens is 370 g/mol. The van der Waals surface area contributed by atoms with Gasteiger partial charge in [0.2, 0.25) is 0 Å². The maximum atomic E-state index is 4.45. The molecule has 0 aliphatic rings. The molecule has 0 bridgehead atoms. The summed E-state index contributed by atoms with van der Waals surface area (Å²) < 4.78 is 4.36. The Bertz CT molecular complexity index is 551. The lowest BCUT2D eigenvalue weighted by molar-refractivity contribution is 0.551. The number of aryl methyl sites for hydroxylation is 1. The van der Waals surface area contributed by atoms with E-state index in [1.165, 1.54) is 5.56 Å². The van der Waals surface area contributed by atoms with E-state index in [-0.39, 0.29) is 6.04 Å². The van der Waals surface area contributed by atoms with Crippen molar-refractivity contribution in [2.45, 2.75) is 25.9 Å². The predicted octanol–water partition coefficient (Wildman–Crippen LogP) is 3.93. The first-order valence-corrected chi connectivity index (χ1v) is 7.86. The Kier molecular flexibility index (Phi) is 5.19. The van der Waals surface area contributed by atoms with E-state index in [2.05, 4.69) is 71.9 Å². The van der Waals surface area contributed by atoms with Crippen molar-refractivity contribution in [2.75, 3.05) is 7.05 Å². The summed E-state index contributed by atoms with van der Waals surface area (Å²) in [5.74, 6) is 1.11. The quantitative estimate of drug-likeness (QED) is 0.843. The minimum Gasteiger partial charge on any atom is -0.335 e. The molecule has 0 aliphatic heterocycles. The monoisotopic (exact) mass is 385 g/mol. The van der Waals surface area contributed by atoms with Crippen LogP contribution in [0.2, 0.25) is 0 Å². The SMILES string of the molecule is CCn1ccnc1CC(NC)c1ccc(Br)cc1Br. The zero-order valence-corrected chi connectivity index (χ0v) is 14.2. The molecule has 0 radical (unpaired) electrons. The second-order valence-corrected chi connectivity index (χ2v) is 6.11. The molecule has 102 valence electrons. The molecule has 1 atom stereocenters. The van der Waals surface area contributed by atoms with Crippen LogP contribution >= 0.6 is 31.9 Å². The van der Waals surface area contributed by atoms with E-state index in [0.29, 0.717) is 0 Å². The fourth-order valence-electron chi connectivity index (χ4n) is 2.15. The van der Waals surface area contributed by atoms with Crippen LogP contribution in [-0.2, 0) is 13.0 Å². The van der Waals surface area contributed by atoms with Gasteiger partial charge < -0.3 is 9.88 Å². The molecule has 19 heavy (non-hydrogen) atoms. The summed E-state index contributed by atoms with van der Waals surface area (Å²) in [7, 11) is 1.98. The van der Waals surface area contributed by atoms with Crippen LogP contribution in [0.1, 0.15) is 24.4 Å². The van der Waals surface area contributed by atoms with Crippen LogP contribution < -0.4 is 5.32 Å². The van der Waals surface area contributed by atoms with Gasteiger partial charge in [0.15, 0.2) is 0 Å². The molecule has 2 aromatic rings. The minimum absolute atomic E-state index is 0.246. The normalized spacial score (nSPS) is 12.6. The number of likely N-dealkylation sites (N-methyl/N-ethyl adjacent to an activating group) is 1. The molecule has 5 heteroatoms. The lowest BCUT2D eigenvalue weighted by Crippen LogP contribution is -2.21. The van der Waals surface area contributed by atoms with Crippen molar-refractivity contribution in [1.29, 1.82) is 0 Å². The van der Waals surface area contributed by atoms with E-state index in [0.717, 1.165) is 27.7 Å². The van der Waals surface area contributed by atoms with Crippen molar-refractivity contribution in [3.05, 3.63) is 50.9 Å². The molecule has 3 nitrogen and oxygen atoms in total. The average Bonchev–Trinajstić information content (AvgIpc) is 2.84. The van der Waals surface area contributed by atoms with E-state index >= 15 is 0 Å². The van der Waals surface area contributed by atoms with Crippen LogP contribution in [0.15, 0.2) is 39.5 Å². The Labute approximate surface area is 130 Å². The molecule has 0 saturated heterocycles. The molecule has 1 unspecified atom stereocenters. The highest BCUT2D eigenvalue weighted by molar-refractivity contribution is 9.11. The van der Waals surface area contributed by atoms with Gasteiger partial charge in [0.05, 0.1) is 0 Å². The van der Waals surface area contributed by atoms with E-state index in [4.69, 9.17) is 0 Å². The zero-order valence-electron chi connectivity index (χ0n) is 11.0. The first-order chi connectivity index (χ1) is 9.15. The summed E-state index contributed by atoms with van der Waals surface area (Å²) in [5.41, 5.74) is 1.25. The summed E-state index contributed by atoms with van der Waals surface area (Å²) >= 11 is 7.11. The van der Waals surface area contributed by atoms with Gasteiger partial charge in [-0.3, -0.25) is 0 Å². The lowest BCUT2D eigenvalue weighted by Gasteiger charge is -2.18. The Morgan fingerprint density at radius 2 is 2.16 bits per heavy atom. The molecule has 0 spiro atoms. The largest absolute Gasteiger partial charge is 0.335 e. The predicted molar refractivity (Wildman–Crippen MR) is 85.2 cm³/mol. The smallest absolute Gasteiger partial charge is 0.110 e. The van der Waals surface area contributed by atoms with Gasteiger partial charge >= 0.3 is 0 Å². The molecule has 1 N–H and O–H groups in total. The molecule has 2 rings (SSSR count). The maximum Gasteiger partial charge on any atom is 0.110 e. The molecule has 0 fully saturated rings. The minimum atomic E-state index is 0.246. The number of nitrogens with one attached hydrogen (secondary N) is 1. The van der Waals surface area contributed by atoms with Gasteiger partial charge in [0, 0.05) is 40.3 Å². The van der Waals surface area contributed by atoms with Gasteiger partial charge in [-0.15, -0.1) is 0 Å². The Hall–Kier alpha value is -0.650. The molecule has 0 aliphatic carbocycles. The van der Waals surface area contributed by atoms with Gasteiger partial charge in [-0.2, -0.15) is 0 Å². The molecule has 1 aromatic carbocycles. The number of hydrogen-bond acceptors (Lipinski definition) is 2. The second-order valence-electron chi connectivity index (χ2n) is 4.34. The van der Waals surface area contributed by atoms with Crippen LogP contribution in [0.3, 0.4) is 0 Å². The number of benzene rings is 1. The number of hydrogen-bond donors (Lipinski definition) is 1. The zero-order chi connectivity index (χ0) is 13.8. The fourth-order valence-corrected chi connectivity index (χ4v) is 3.48. The van der Waals surface area contributed by atoms with Gasteiger partial charge in [-0.1, -0.05) is 37.9 Å². The van der Waals surface area contributed by atoms with Gasteiger partial charge in [-0.05, 0) is 31.7 Å². The van der Waals surface area contributed by atoms with Crippen LogP contribution in [0, 0.1) is 0 Å². The number of rotatable bonds is 5. The van der Waals surface area contributed by atoms with Gasteiger partial charge in [0.1, 0.15) is 5.82 Å². The van der Waals surface area contributed by atoms with Crippen molar-refractivity contribution in [1.82, 2.24) is 14.9 Å². The Morgan fingerprint density at radius 1 is 1.37 bits per heavy atom. The number of aromatic nitrogens is 2. The third-order valence-electron chi connectivity index (χ3n) is 3.22. The summed E-state index contributed by atoms with van der Waals surface area (Å²) in [6, 6.07) is 6.52. The molecule has 0 saturated carbocycles. The van der Waals surface area contributed by atoms with E-state index in [1.807, 2.05) is 19.4 Å². The topological polar surface area (TPSA) is 29.9 Å². The third kappa shape index (κ3) is 3.46. The van der Waals surface area contributed by atoms with Crippen LogP contribution in [0.25, 0.3) is 0 Å². The van der Waals surface area contributed by atoms with Crippen LogP contribution in [0.4, 0.5) is 0 Å². The van der Waals surface area contributed by atoms with E-state index in [1.54, 1.807) is 0 Å². The highest BCUT2D eigenvalue weighted by Gasteiger charge is 2.16. The Morgan fingerprint density at radius 3 is 2.79 bits per heavy atom. The first-order valence-electron chi connectivity index (χ1n) is 6.28. The Balaban J connectivity index is 2.25. The molecular formula is C14H17Br2N3. The first kappa shape index (κ1) is 14.8. The third-order valence-corrected chi connectivity index (χ3v) is 4.40. The number of nitrogens with zero attached hydrogens (tertiary/aromatic N) is 2. The summed E-state index contributed by atoms with van der Waals surface area (Å²) in [5, 5.41) is 3.37. The van der Waals surface area contributed by atoms with Crippen molar-refractivity contribution in [3.63, 3.8) is 0 Å². The number of imidazole rings is 1. The molecule has 1 aromatic heterocycles. The maximum absolute atomic E-state index is 4.45. The van der Waals surface area contributed by atoms with Crippen molar-refractivity contribution < 1.29 is 0 Å². The second kappa shape index (κ2) is 6.68. The van der Waals surface area contributed by atoms with Crippen LogP contribution in [0.5, 0.6) is 0 Å². The highest BCUT2D eigenvalue weighted by Crippen LogP contribution is 2.28.